The SMILES string of the molecule is Brc1ncn(Cc2ccccc2-c2ccccc2)c1C1CCCCC1. The summed E-state index contributed by atoms with van der Waals surface area (Å²) in [5.74, 6) is 0.634. The zero-order valence-corrected chi connectivity index (χ0v) is 16.0. The molecule has 0 amide bonds. The summed E-state index contributed by atoms with van der Waals surface area (Å²) in [4.78, 5) is 4.57. The van der Waals surface area contributed by atoms with Crippen molar-refractivity contribution in [1.29, 1.82) is 0 Å². The second-order valence-electron chi connectivity index (χ2n) is 6.91. The molecule has 1 saturated carbocycles. The third-order valence-corrected chi connectivity index (χ3v) is 5.88. The lowest BCUT2D eigenvalue weighted by Gasteiger charge is -2.24. The largest absolute Gasteiger partial charge is 0.329 e. The van der Waals surface area contributed by atoms with E-state index in [0.29, 0.717) is 5.92 Å². The monoisotopic (exact) mass is 394 g/mol. The van der Waals surface area contributed by atoms with E-state index in [-0.39, 0.29) is 0 Å². The predicted molar refractivity (Wildman–Crippen MR) is 107 cm³/mol. The van der Waals surface area contributed by atoms with Gasteiger partial charge in [0, 0.05) is 12.5 Å². The van der Waals surface area contributed by atoms with Gasteiger partial charge in [0.25, 0.3) is 0 Å². The molecule has 0 spiro atoms. The van der Waals surface area contributed by atoms with Crippen molar-refractivity contribution >= 4 is 15.9 Å². The van der Waals surface area contributed by atoms with E-state index >= 15 is 0 Å². The first-order chi connectivity index (χ1) is 12.3. The van der Waals surface area contributed by atoms with Gasteiger partial charge in [0.05, 0.1) is 12.0 Å². The number of hydrogen-bond donors (Lipinski definition) is 0. The number of benzene rings is 2. The first-order valence-electron chi connectivity index (χ1n) is 9.17. The Balaban J connectivity index is 1.68. The number of hydrogen-bond acceptors (Lipinski definition) is 1. The van der Waals surface area contributed by atoms with Crippen molar-refractivity contribution in [1.82, 2.24) is 9.55 Å². The van der Waals surface area contributed by atoms with E-state index in [1.165, 1.54) is 54.5 Å². The van der Waals surface area contributed by atoms with Gasteiger partial charge in [-0.2, -0.15) is 0 Å². The van der Waals surface area contributed by atoms with Crippen LogP contribution >= 0.6 is 15.9 Å². The van der Waals surface area contributed by atoms with Crippen LogP contribution in [0.25, 0.3) is 11.1 Å². The lowest BCUT2D eigenvalue weighted by molar-refractivity contribution is 0.425. The van der Waals surface area contributed by atoms with Crippen LogP contribution in [0.2, 0.25) is 0 Å². The minimum absolute atomic E-state index is 0.634. The molecule has 1 fully saturated rings. The maximum Gasteiger partial charge on any atom is 0.127 e. The molecule has 0 bridgehead atoms. The second kappa shape index (κ2) is 7.57. The predicted octanol–water partition coefficient (Wildman–Crippen LogP) is 6.41. The number of rotatable bonds is 4. The molecule has 0 saturated heterocycles. The van der Waals surface area contributed by atoms with Crippen LogP contribution < -0.4 is 0 Å². The summed E-state index contributed by atoms with van der Waals surface area (Å²) >= 11 is 3.70. The Morgan fingerprint density at radius 2 is 1.64 bits per heavy atom. The zero-order chi connectivity index (χ0) is 17.1. The quantitative estimate of drug-likeness (QED) is 0.499. The number of halogens is 1. The molecule has 1 aliphatic carbocycles. The Morgan fingerprint density at radius 1 is 0.920 bits per heavy atom. The Kier molecular flexibility index (Phi) is 5.02. The first kappa shape index (κ1) is 16.6. The van der Waals surface area contributed by atoms with Crippen LogP contribution in [-0.4, -0.2) is 9.55 Å². The van der Waals surface area contributed by atoms with Crippen molar-refractivity contribution in [3.05, 3.63) is 76.8 Å². The molecule has 128 valence electrons. The topological polar surface area (TPSA) is 17.8 Å². The summed E-state index contributed by atoms with van der Waals surface area (Å²) in [6, 6.07) is 19.4. The van der Waals surface area contributed by atoms with Gasteiger partial charge in [-0.05, 0) is 45.5 Å². The minimum atomic E-state index is 0.634. The molecule has 4 rings (SSSR count). The molecule has 0 radical (unpaired) electrons. The van der Waals surface area contributed by atoms with Crippen molar-refractivity contribution < 1.29 is 0 Å². The van der Waals surface area contributed by atoms with Crippen molar-refractivity contribution in [2.75, 3.05) is 0 Å². The molecule has 0 atom stereocenters. The molecule has 2 nitrogen and oxygen atoms in total. The van der Waals surface area contributed by atoms with E-state index in [0.717, 1.165) is 11.1 Å². The first-order valence-corrected chi connectivity index (χ1v) is 9.96. The van der Waals surface area contributed by atoms with E-state index in [1.807, 2.05) is 6.33 Å². The molecule has 3 aromatic rings. The van der Waals surface area contributed by atoms with Gasteiger partial charge in [-0.1, -0.05) is 73.9 Å². The molecule has 25 heavy (non-hydrogen) atoms. The molecule has 2 aromatic carbocycles. The van der Waals surface area contributed by atoms with Crippen LogP contribution in [0.4, 0.5) is 0 Å². The van der Waals surface area contributed by atoms with Gasteiger partial charge in [0.2, 0.25) is 0 Å². The average Bonchev–Trinajstić information content (AvgIpc) is 3.04. The van der Waals surface area contributed by atoms with Gasteiger partial charge >= 0.3 is 0 Å². The van der Waals surface area contributed by atoms with E-state index in [1.54, 1.807) is 0 Å². The Bertz CT molecular complexity index is 832. The normalized spacial score (nSPS) is 15.4. The van der Waals surface area contributed by atoms with Gasteiger partial charge < -0.3 is 4.57 Å². The van der Waals surface area contributed by atoms with Crippen molar-refractivity contribution in [2.24, 2.45) is 0 Å². The summed E-state index contributed by atoms with van der Waals surface area (Å²) in [6.45, 7) is 0.871. The highest BCUT2D eigenvalue weighted by Gasteiger charge is 2.22. The summed E-state index contributed by atoms with van der Waals surface area (Å²) in [6.07, 6.45) is 8.61. The highest BCUT2D eigenvalue weighted by Crippen LogP contribution is 2.36. The van der Waals surface area contributed by atoms with Crippen molar-refractivity contribution in [2.45, 2.75) is 44.6 Å². The van der Waals surface area contributed by atoms with Gasteiger partial charge in [-0.15, -0.1) is 0 Å². The summed E-state index contributed by atoms with van der Waals surface area (Å²) in [7, 11) is 0. The Hall–Kier alpha value is -1.87. The van der Waals surface area contributed by atoms with Crippen LogP contribution in [0, 0.1) is 0 Å². The number of aromatic nitrogens is 2. The fourth-order valence-corrected chi connectivity index (χ4v) is 4.66. The van der Waals surface area contributed by atoms with Crippen LogP contribution in [0.3, 0.4) is 0 Å². The number of imidazole rings is 1. The molecule has 3 heteroatoms. The maximum absolute atomic E-state index is 4.57. The molecule has 1 heterocycles. The highest BCUT2D eigenvalue weighted by molar-refractivity contribution is 9.10. The molecule has 0 N–H and O–H groups in total. The van der Waals surface area contributed by atoms with E-state index in [2.05, 4.69) is 80.1 Å². The molecule has 0 aliphatic heterocycles. The van der Waals surface area contributed by atoms with Gasteiger partial charge in [-0.3, -0.25) is 0 Å². The zero-order valence-electron chi connectivity index (χ0n) is 14.4. The second-order valence-corrected chi connectivity index (χ2v) is 7.66. The van der Waals surface area contributed by atoms with E-state index < -0.39 is 0 Å². The molecule has 1 aliphatic rings. The van der Waals surface area contributed by atoms with Crippen LogP contribution in [-0.2, 0) is 6.54 Å². The van der Waals surface area contributed by atoms with Crippen LogP contribution in [0.5, 0.6) is 0 Å². The Labute approximate surface area is 158 Å². The number of nitrogens with zero attached hydrogens (tertiary/aromatic N) is 2. The van der Waals surface area contributed by atoms with E-state index in [9.17, 15) is 0 Å². The molecular formula is C22H23BrN2. The summed E-state index contributed by atoms with van der Waals surface area (Å²) in [5.41, 5.74) is 5.30. The third-order valence-electron chi connectivity index (χ3n) is 5.27. The van der Waals surface area contributed by atoms with Crippen molar-refractivity contribution in [3.63, 3.8) is 0 Å². The van der Waals surface area contributed by atoms with Crippen molar-refractivity contribution in [3.8, 4) is 11.1 Å². The van der Waals surface area contributed by atoms with Gasteiger partial charge in [0.15, 0.2) is 0 Å². The standard InChI is InChI=1S/C22H23BrN2/c23-22-21(18-11-5-2-6-12-18)25(16-24-22)15-19-13-7-8-14-20(19)17-9-3-1-4-10-17/h1,3-4,7-10,13-14,16,18H,2,5-6,11-12,15H2. The smallest absolute Gasteiger partial charge is 0.127 e. The maximum atomic E-state index is 4.57. The van der Waals surface area contributed by atoms with Crippen LogP contribution in [0.15, 0.2) is 65.5 Å². The lowest BCUT2D eigenvalue weighted by Crippen LogP contribution is -2.12. The fourth-order valence-electron chi connectivity index (χ4n) is 4.01. The van der Waals surface area contributed by atoms with E-state index in [4.69, 9.17) is 0 Å². The fraction of sp³-hybridized carbons (Fsp3) is 0.318. The molecular weight excluding hydrogens is 372 g/mol. The highest BCUT2D eigenvalue weighted by atomic mass is 79.9. The molecule has 0 unspecified atom stereocenters. The lowest BCUT2D eigenvalue weighted by atomic mass is 9.87. The molecule has 1 aromatic heterocycles. The summed E-state index contributed by atoms with van der Waals surface area (Å²) in [5, 5.41) is 0. The Morgan fingerprint density at radius 3 is 2.44 bits per heavy atom. The minimum Gasteiger partial charge on any atom is -0.329 e. The summed E-state index contributed by atoms with van der Waals surface area (Å²) < 4.78 is 3.37. The van der Waals surface area contributed by atoms with Crippen LogP contribution in [0.1, 0.15) is 49.3 Å². The average molecular weight is 395 g/mol. The third kappa shape index (κ3) is 3.57. The van der Waals surface area contributed by atoms with Gasteiger partial charge in [-0.25, -0.2) is 4.98 Å². The van der Waals surface area contributed by atoms with Gasteiger partial charge in [0.1, 0.15) is 4.60 Å².